The topological polar surface area (TPSA) is 64.1 Å². The maximum Gasteiger partial charge on any atom is 0.234 e. The normalized spacial score (nSPS) is 10.9. The van der Waals surface area contributed by atoms with Gasteiger partial charge in [0.05, 0.1) is 18.2 Å². The van der Waals surface area contributed by atoms with Crippen LogP contribution in [0.1, 0.15) is 25.3 Å². The van der Waals surface area contributed by atoms with Crippen molar-refractivity contribution < 1.29 is 9.53 Å². The minimum Gasteiger partial charge on any atom is -0.497 e. The van der Waals surface area contributed by atoms with Crippen molar-refractivity contribution in [3.63, 3.8) is 0 Å². The van der Waals surface area contributed by atoms with Crippen LogP contribution in [-0.4, -0.2) is 28.7 Å². The summed E-state index contributed by atoms with van der Waals surface area (Å²) in [5.41, 5.74) is 4.25. The first-order valence-corrected chi connectivity index (χ1v) is 12.4. The number of unbranched alkanes of at least 4 members (excludes halogenated alkanes) is 1. The van der Waals surface area contributed by atoms with Crippen molar-refractivity contribution >= 4 is 44.9 Å². The Balaban J connectivity index is 1.46. The Morgan fingerprint density at radius 1 is 1.09 bits per heavy atom. The molecule has 0 unspecified atom stereocenters. The Morgan fingerprint density at radius 3 is 2.59 bits per heavy atom. The number of aryl methyl sites for hydroxylation is 1. The quantitative estimate of drug-likeness (QED) is 0.229. The molecule has 2 aromatic carbocycles. The third-order valence-electron chi connectivity index (χ3n) is 5.13. The number of aromatic nitrogens is 2. The van der Waals surface area contributed by atoms with Crippen LogP contribution in [0.15, 0.2) is 65.3 Å². The number of fused-ring (bicyclic) bond motifs is 1. The summed E-state index contributed by atoms with van der Waals surface area (Å²) in [6.45, 7) is 2.19. The summed E-state index contributed by atoms with van der Waals surface area (Å²) < 4.78 is 5.26. The minimum atomic E-state index is -0.0516. The molecule has 5 nitrogen and oxygen atoms in total. The molecule has 0 atom stereocenters. The Labute approximate surface area is 196 Å². The van der Waals surface area contributed by atoms with Gasteiger partial charge in [0.2, 0.25) is 5.91 Å². The smallest absolute Gasteiger partial charge is 0.234 e. The van der Waals surface area contributed by atoms with Gasteiger partial charge in [0.15, 0.2) is 0 Å². The van der Waals surface area contributed by atoms with Crippen LogP contribution >= 0.6 is 23.1 Å². The highest BCUT2D eigenvalue weighted by molar-refractivity contribution is 8.00. The molecule has 0 aliphatic rings. The molecule has 1 N–H and O–H groups in total. The van der Waals surface area contributed by atoms with E-state index in [0.29, 0.717) is 0 Å². The van der Waals surface area contributed by atoms with Gasteiger partial charge in [-0.3, -0.25) is 4.79 Å². The Hall–Kier alpha value is -2.90. The van der Waals surface area contributed by atoms with Gasteiger partial charge in [-0.15, -0.1) is 11.3 Å². The summed E-state index contributed by atoms with van der Waals surface area (Å²) in [6, 6.07) is 16.0. The molecule has 0 aliphatic heterocycles. The SMILES string of the molecule is CCCCc1ccc(NC(=O)CSc2ncnc3scc(-c4ccc(OC)cc4)c23)cc1. The third-order valence-corrected chi connectivity index (χ3v) is 7.01. The fraction of sp³-hybridized carbons (Fsp3) is 0.240. The molecule has 1 amide bonds. The van der Waals surface area contributed by atoms with Gasteiger partial charge in [-0.1, -0.05) is 49.4 Å². The van der Waals surface area contributed by atoms with Crippen LogP contribution in [0.2, 0.25) is 0 Å². The fourth-order valence-corrected chi connectivity index (χ4v) is 5.20. The van der Waals surface area contributed by atoms with E-state index in [1.807, 2.05) is 36.4 Å². The molecular formula is C25H25N3O2S2. The van der Waals surface area contributed by atoms with E-state index in [4.69, 9.17) is 4.74 Å². The molecule has 2 heterocycles. The summed E-state index contributed by atoms with van der Waals surface area (Å²) >= 11 is 3.01. The van der Waals surface area contributed by atoms with Gasteiger partial charge in [0, 0.05) is 16.6 Å². The number of ether oxygens (including phenoxy) is 1. The van der Waals surface area contributed by atoms with Gasteiger partial charge in [-0.05, 0) is 48.2 Å². The molecule has 32 heavy (non-hydrogen) atoms. The number of thiophene rings is 1. The average molecular weight is 464 g/mol. The monoisotopic (exact) mass is 463 g/mol. The summed E-state index contributed by atoms with van der Waals surface area (Å²) in [7, 11) is 1.66. The Bertz CT molecular complexity index is 1190. The highest BCUT2D eigenvalue weighted by Crippen LogP contribution is 2.38. The number of rotatable bonds is 9. The van der Waals surface area contributed by atoms with Crippen LogP contribution < -0.4 is 10.1 Å². The van der Waals surface area contributed by atoms with E-state index in [1.165, 1.54) is 30.2 Å². The highest BCUT2D eigenvalue weighted by Gasteiger charge is 2.15. The van der Waals surface area contributed by atoms with Crippen LogP contribution in [0.3, 0.4) is 0 Å². The molecule has 4 rings (SSSR count). The van der Waals surface area contributed by atoms with E-state index in [0.717, 1.165) is 44.2 Å². The number of thioether (sulfide) groups is 1. The lowest BCUT2D eigenvalue weighted by Gasteiger charge is -2.08. The fourth-order valence-electron chi connectivity index (χ4n) is 3.41. The second-order valence-corrected chi connectivity index (χ2v) is 9.20. The van der Waals surface area contributed by atoms with E-state index in [-0.39, 0.29) is 11.7 Å². The molecule has 0 spiro atoms. The number of hydrogen-bond acceptors (Lipinski definition) is 6. The lowest BCUT2D eigenvalue weighted by Crippen LogP contribution is -2.14. The number of nitrogens with zero attached hydrogens (tertiary/aromatic N) is 2. The van der Waals surface area contributed by atoms with E-state index in [9.17, 15) is 4.79 Å². The summed E-state index contributed by atoms with van der Waals surface area (Å²) in [5.74, 6) is 1.04. The number of carbonyl (C=O) groups excluding carboxylic acids is 1. The summed E-state index contributed by atoms with van der Waals surface area (Å²) in [4.78, 5) is 22.4. The number of hydrogen-bond donors (Lipinski definition) is 1. The molecule has 0 saturated heterocycles. The number of amides is 1. The molecule has 0 radical (unpaired) electrons. The zero-order chi connectivity index (χ0) is 22.3. The summed E-state index contributed by atoms with van der Waals surface area (Å²) in [6.07, 6.45) is 4.99. The largest absolute Gasteiger partial charge is 0.497 e. The molecular weight excluding hydrogens is 438 g/mol. The molecule has 0 saturated carbocycles. The second kappa shape index (κ2) is 10.6. The zero-order valence-corrected chi connectivity index (χ0v) is 19.8. The molecule has 164 valence electrons. The Morgan fingerprint density at radius 2 is 1.88 bits per heavy atom. The predicted molar refractivity (Wildman–Crippen MR) is 134 cm³/mol. The third kappa shape index (κ3) is 5.29. The maximum absolute atomic E-state index is 12.6. The first-order chi connectivity index (χ1) is 15.7. The van der Waals surface area contributed by atoms with Gasteiger partial charge < -0.3 is 10.1 Å². The van der Waals surface area contributed by atoms with E-state index >= 15 is 0 Å². The lowest BCUT2D eigenvalue weighted by atomic mass is 10.1. The number of carbonyl (C=O) groups is 1. The minimum absolute atomic E-state index is 0.0516. The number of anilines is 1. The van der Waals surface area contributed by atoms with E-state index in [2.05, 4.69) is 39.7 Å². The van der Waals surface area contributed by atoms with Crippen LogP contribution in [-0.2, 0) is 11.2 Å². The van der Waals surface area contributed by atoms with Crippen molar-refractivity contribution in [1.29, 1.82) is 0 Å². The molecule has 0 fully saturated rings. The van der Waals surface area contributed by atoms with Crippen LogP contribution in [0, 0.1) is 0 Å². The van der Waals surface area contributed by atoms with Crippen molar-refractivity contribution in [1.82, 2.24) is 9.97 Å². The molecule has 7 heteroatoms. The first kappa shape index (κ1) is 22.3. The van der Waals surface area contributed by atoms with Crippen molar-refractivity contribution in [3.8, 4) is 16.9 Å². The van der Waals surface area contributed by atoms with Gasteiger partial charge >= 0.3 is 0 Å². The van der Waals surface area contributed by atoms with Crippen molar-refractivity contribution in [2.24, 2.45) is 0 Å². The predicted octanol–water partition coefficient (Wildman–Crippen LogP) is 6.44. The van der Waals surface area contributed by atoms with Crippen molar-refractivity contribution in [2.45, 2.75) is 31.2 Å². The molecule has 0 aliphatic carbocycles. The van der Waals surface area contributed by atoms with E-state index < -0.39 is 0 Å². The standard InChI is InChI=1S/C25H25N3O2S2/c1-3-4-5-17-6-10-19(11-7-17)28-22(29)15-32-25-23-21(14-31-24(23)26-16-27-25)18-8-12-20(30-2)13-9-18/h6-14,16H,3-5,15H2,1-2H3,(H,28,29). The number of nitrogens with one attached hydrogen (secondary N) is 1. The average Bonchev–Trinajstić information content (AvgIpc) is 3.27. The second-order valence-electron chi connectivity index (χ2n) is 7.37. The number of methoxy groups -OCH3 is 1. The molecule has 0 bridgehead atoms. The van der Waals surface area contributed by atoms with Crippen molar-refractivity contribution in [3.05, 3.63) is 65.8 Å². The van der Waals surface area contributed by atoms with Crippen LogP contribution in [0.4, 0.5) is 5.69 Å². The van der Waals surface area contributed by atoms with Crippen LogP contribution in [0.5, 0.6) is 5.75 Å². The zero-order valence-electron chi connectivity index (χ0n) is 18.1. The maximum atomic E-state index is 12.6. The first-order valence-electron chi connectivity index (χ1n) is 10.6. The Kier molecular flexibility index (Phi) is 7.39. The van der Waals surface area contributed by atoms with Crippen molar-refractivity contribution in [2.75, 3.05) is 18.2 Å². The molecule has 4 aromatic rings. The lowest BCUT2D eigenvalue weighted by molar-refractivity contribution is -0.113. The summed E-state index contributed by atoms with van der Waals surface area (Å²) in [5, 5.41) is 6.87. The van der Waals surface area contributed by atoms with Gasteiger partial charge in [0.1, 0.15) is 21.9 Å². The molecule has 2 aromatic heterocycles. The van der Waals surface area contributed by atoms with Gasteiger partial charge in [0.25, 0.3) is 0 Å². The number of benzene rings is 2. The van der Waals surface area contributed by atoms with E-state index in [1.54, 1.807) is 24.8 Å². The van der Waals surface area contributed by atoms with Gasteiger partial charge in [-0.25, -0.2) is 9.97 Å². The van der Waals surface area contributed by atoms with Gasteiger partial charge in [-0.2, -0.15) is 0 Å². The van der Waals surface area contributed by atoms with Crippen LogP contribution in [0.25, 0.3) is 21.3 Å². The highest BCUT2D eigenvalue weighted by atomic mass is 32.2.